The van der Waals surface area contributed by atoms with Gasteiger partial charge in [-0.25, -0.2) is 4.39 Å². The lowest BCUT2D eigenvalue weighted by Crippen LogP contribution is -2.52. The van der Waals surface area contributed by atoms with Crippen LogP contribution in [0.1, 0.15) is 12.8 Å². The second-order valence-corrected chi connectivity index (χ2v) is 6.37. The molecule has 0 aromatic heterocycles. The van der Waals surface area contributed by atoms with E-state index in [1.165, 1.54) is 17.0 Å². The fourth-order valence-electron chi connectivity index (χ4n) is 2.64. The zero-order chi connectivity index (χ0) is 19.6. The van der Waals surface area contributed by atoms with Gasteiger partial charge in [-0.3, -0.25) is 19.2 Å². The number of amides is 4. The number of rotatable bonds is 6. The lowest BCUT2D eigenvalue weighted by molar-refractivity contribution is -0.133. The first-order valence-corrected chi connectivity index (χ1v) is 8.45. The second-order valence-electron chi connectivity index (χ2n) is 6.37. The summed E-state index contributed by atoms with van der Waals surface area (Å²) in [6, 6.07) is 2.23. The maximum Gasteiger partial charge on any atom is 0.256 e. The molecule has 0 spiro atoms. The molecule has 1 aliphatic carbocycles. The van der Waals surface area contributed by atoms with Gasteiger partial charge in [-0.05, 0) is 31.0 Å². The number of carbonyl (C=O) groups excluding carboxylic acids is 4. The number of nitrogens with two attached hydrogens (primary N) is 1. The third-order valence-corrected chi connectivity index (χ3v) is 4.29. The van der Waals surface area contributed by atoms with Gasteiger partial charge in [-0.15, -0.1) is 0 Å². The van der Waals surface area contributed by atoms with Crippen molar-refractivity contribution in [2.45, 2.75) is 18.9 Å². The first kappa shape index (κ1) is 18.8. The minimum Gasteiger partial charge on any atom is -0.370 e. The number of anilines is 2. The van der Waals surface area contributed by atoms with Crippen molar-refractivity contribution in [1.29, 1.82) is 0 Å². The normalized spacial score (nSPS) is 18.0. The van der Waals surface area contributed by atoms with E-state index in [0.717, 1.165) is 6.07 Å². The van der Waals surface area contributed by atoms with Gasteiger partial charge < -0.3 is 26.0 Å². The summed E-state index contributed by atoms with van der Waals surface area (Å²) in [4.78, 5) is 48.7. The number of hydrogen-bond acceptors (Lipinski definition) is 5. The van der Waals surface area contributed by atoms with E-state index in [9.17, 15) is 23.6 Å². The highest BCUT2D eigenvalue weighted by Crippen LogP contribution is 2.29. The molecular formula is C17H19FN4O5. The molecule has 27 heavy (non-hydrogen) atoms. The minimum atomic E-state index is -1.60. The largest absolute Gasteiger partial charge is 0.370 e. The van der Waals surface area contributed by atoms with Gasteiger partial charge in [-0.1, -0.05) is 0 Å². The summed E-state index contributed by atoms with van der Waals surface area (Å²) in [5.41, 5.74) is 5.30. The average Bonchev–Trinajstić information content (AvgIpc) is 3.46. The highest BCUT2D eigenvalue weighted by molar-refractivity contribution is 6.11. The highest BCUT2D eigenvalue weighted by Gasteiger charge is 2.35. The Morgan fingerprint density at radius 3 is 2.63 bits per heavy atom. The average molecular weight is 378 g/mol. The zero-order valence-electron chi connectivity index (χ0n) is 14.4. The SMILES string of the molecule is NC(=O)[C@@H](NC(=O)C1CC1)C(=O)Nc1ccc(N2CCOCC2=O)cc1F. The summed E-state index contributed by atoms with van der Waals surface area (Å²) >= 11 is 0. The summed E-state index contributed by atoms with van der Waals surface area (Å²) in [5, 5.41) is 4.51. The molecule has 1 aromatic carbocycles. The molecule has 4 amide bonds. The zero-order valence-corrected chi connectivity index (χ0v) is 14.4. The Morgan fingerprint density at radius 2 is 2.04 bits per heavy atom. The molecule has 1 aliphatic heterocycles. The number of halogens is 1. The number of nitrogens with zero attached hydrogens (tertiary/aromatic N) is 1. The van der Waals surface area contributed by atoms with Crippen molar-refractivity contribution in [2.24, 2.45) is 11.7 Å². The Balaban J connectivity index is 1.69. The highest BCUT2D eigenvalue weighted by atomic mass is 19.1. The van der Waals surface area contributed by atoms with E-state index in [1.54, 1.807) is 0 Å². The van der Waals surface area contributed by atoms with Gasteiger partial charge in [-0.2, -0.15) is 0 Å². The van der Waals surface area contributed by atoms with Crippen LogP contribution >= 0.6 is 0 Å². The molecule has 1 saturated carbocycles. The molecular weight excluding hydrogens is 359 g/mol. The van der Waals surface area contributed by atoms with Crippen LogP contribution in [0.2, 0.25) is 0 Å². The van der Waals surface area contributed by atoms with Gasteiger partial charge in [0.1, 0.15) is 12.4 Å². The maximum absolute atomic E-state index is 14.4. The van der Waals surface area contributed by atoms with Crippen LogP contribution in [-0.2, 0) is 23.9 Å². The summed E-state index contributed by atoms with van der Waals surface area (Å²) in [6.07, 6.45) is 1.38. The maximum atomic E-state index is 14.4. The molecule has 2 fully saturated rings. The van der Waals surface area contributed by atoms with Crippen LogP contribution < -0.4 is 21.3 Å². The van der Waals surface area contributed by atoms with Crippen molar-refractivity contribution in [2.75, 3.05) is 30.0 Å². The van der Waals surface area contributed by atoms with E-state index in [1.807, 2.05) is 0 Å². The van der Waals surface area contributed by atoms with Crippen LogP contribution in [0.3, 0.4) is 0 Å². The van der Waals surface area contributed by atoms with Crippen molar-refractivity contribution in [3.63, 3.8) is 0 Å². The first-order valence-electron chi connectivity index (χ1n) is 8.45. The van der Waals surface area contributed by atoms with Crippen molar-refractivity contribution >= 4 is 35.0 Å². The predicted octanol–water partition coefficient (Wildman–Crippen LogP) is -0.493. The third kappa shape index (κ3) is 4.40. The number of morpholine rings is 1. The summed E-state index contributed by atoms with van der Waals surface area (Å²) in [5.74, 6) is -3.73. The van der Waals surface area contributed by atoms with Gasteiger partial charge in [0, 0.05) is 18.2 Å². The van der Waals surface area contributed by atoms with Gasteiger partial charge >= 0.3 is 0 Å². The van der Waals surface area contributed by atoms with Gasteiger partial charge in [0.15, 0.2) is 6.04 Å². The van der Waals surface area contributed by atoms with Gasteiger partial charge in [0.25, 0.3) is 11.8 Å². The summed E-state index contributed by atoms with van der Waals surface area (Å²) in [7, 11) is 0. The smallest absolute Gasteiger partial charge is 0.256 e. The van der Waals surface area contributed by atoms with Crippen LogP contribution in [0.15, 0.2) is 18.2 Å². The number of ether oxygens (including phenoxy) is 1. The van der Waals surface area contributed by atoms with Crippen molar-refractivity contribution in [3.8, 4) is 0 Å². The molecule has 144 valence electrons. The summed E-state index contributed by atoms with van der Waals surface area (Å²) < 4.78 is 19.4. The van der Waals surface area contributed by atoms with Crippen LogP contribution in [0.25, 0.3) is 0 Å². The van der Waals surface area contributed by atoms with E-state index in [2.05, 4.69) is 10.6 Å². The van der Waals surface area contributed by atoms with Crippen LogP contribution in [-0.4, -0.2) is 49.4 Å². The number of primary amides is 1. The molecule has 0 radical (unpaired) electrons. The number of nitrogens with one attached hydrogen (secondary N) is 2. The van der Waals surface area contributed by atoms with E-state index in [4.69, 9.17) is 10.5 Å². The topological polar surface area (TPSA) is 131 Å². The van der Waals surface area contributed by atoms with Gasteiger partial charge in [0.2, 0.25) is 11.8 Å². The van der Waals surface area contributed by atoms with Crippen LogP contribution in [0.5, 0.6) is 0 Å². The molecule has 10 heteroatoms. The monoisotopic (exact) mass is 378 g/mol. The Labute approximate surface area is 154 Å². The summed E-state index contributed by atoms with van der Waals surface area (Å²) in [6.45, 7) is 0.550. The van der Waals surface area contributed by atoms with E-state index < -0.39 is 29.6 Å². The number of hydrogen-bond donors (Lipinski definition) is 3. The van der Waals surface area contributed by atoms with Gasteiger partial charge in [0.05, 0.1) is 12.3 Å². The van der Waals surface area contributed by atoms with E-state index >= 15 is 0 Å². The molecule has 1 atom stereocenters. The molecule has 0 bridgehead atoms. The van der Waals surface area contributed by atoms with Crippen molar-refractivity contribution in [1.82, 2.24) is 5.32 Å². The Kier molecular flexibility index (Phi) is 5.36. The predicted molar refractivity (Wildman–Crippen MR) is 92.1 cm³/mol. The lowest BCUT2D eigenvalue weighted by Gasteiger charge is -2.27. The van der Waals surface area contributed by atoms with E-state index in [-0.39, 0.29) is 24.1 Å². The molecule has 9 nitrogen and oxygen atoms in total. The molecule has 2 aliphatic rings. The Bertz CT molecular complexity index is 796. The molecule has 1 saturated heterocycles. The second kappa shape index (κ2) is 7.70. The van der Waals surface area contributed by atoms with Crippen molar-refractivity contribution in [3.05, 3.63) is 24.0 Å². The third-order valence-electron chi connectivity index (χ3n) is 4.29. The fourth-order valence-corrected chi connectivity index (χ4v) is 2.64. The molecule has 1 heterocycles. The fraction of sp³-hybridized carbons (Fsp3) is 0.412. The molecule has 4 N–H and O–H groups in total. The Hall–Kier alpha value is -3.01. The lowest BCUT2D eigenvalue weighted by atomic mass is 10.2. The minimum absolute atomic E-state index is 0.0823. The standard InChI is InChI=1S/C17H19FN4O5/c18-11-7-10(22-5-6-27-8-13(22)23)3-4-12(11)20-17(26)14(15(19)24)21-16(25)9-1-2-9/h3-4,7,9,14H,1-2,5-6,8H2,(H2,19,24)(H,20,26)(H,21,25)/t14-/m1/s1. The molecule has 0 unspecified atom stereocenters. The number of benzene rings is 1. The quantitative estimate of drug-likeness (QED) is 0.575. The Morgan fingerprint density at radius 1 is 1.30 bits per heavy atom. The van der Waals surface area contributed by atoms with Crippen molar-refractivity contribution < 1.29 is 28.3 Å². The first-order chi connectivity index (χ1) is 12.9. The number of carbonyl (C=O) groups is 4. The van der Waals surface area contributed by atoms with Crippen LogP contribution in [0, 0.1) is 11.7 Å². The molecule has 1 aromatic rings. The molecule has 3 rings (SSSR count). The van der Waals surface area contributed by atoms with Crippen LogP contribution in [0.4, 0.5) is 15.8 Å². The van der Waals surface area contributed by atoms with E-state index in [0.29, 0.717) is 31.7 Å².